The van der Waals surface area contributed by atoms with Gasteiger partial charge in [0.2, 0.25) is 0 Å². The van der Waals surface area contributed by atoms with Gasteiger partial charge in [0.1, 0.15) is 0 Å². The van der Waals surface area contributed by atoms with Crippen molar-refractivity contribution in [3.63, 3.8) is 0 Å². The Hall–Kier alpha value is -2.58. The van der Waals surface area contributed by atoms with Crippen LogP contribution in [-0.4, -0.2) is 67.7 Å². The molecule has 0 amide bonds. The molecule has 0 saturated carbocycles. The first-order valence-electron chi connectivity index (χ1n) is 13.8. The van der Waals surface area contributed by atoms with E-state index < -0.39 is 11.7 Å². The van der Waals surface area contributed by atoms with Crippen LogP contribution in [0.3, 0.4) is 0 Å². The summed E-state index contributed by atoms with van der Waals surface area (Å²) >= 11 is 6.19. The quantitative estimate of drug-likeness (QED) is 0.367. The van der Waals surface area contributed by atoms with Crippen LogP contribution in [0, 0.1) is 0 Å². The number of rotatable bonds is 7. The highest BCUT2D eigenvalue weighted by molar-refractivity contribution is 6.30. The number of piperazine rings is 2. The Bertz CT molecular complexity index is 1200. The molecule has 2 aliphatic rings. The predicted molar refractivity (Wildman–Crippen MR) is 152 cm³/mol. The van der Waals surface area contributed by atoms with E-state index in [1.165, 1.54) is 23.3 Å². The van der Waals surface area contributed by atoms with Gasteiger partial charge in [-0.15, -0.1) is 0 Å². The van der Waals surface area contributed by atoms with E-state index in [1.807, 2.05) is 18.2 Å². The van der Waals surface area contributed by atoms with Crippen LogP contribution in [0.5, 0.6) is 0 Å². The first-order valence-corrected chi connectivity index (χ1v) is 14.2. The van der Waals surface area contributed by atoms with Crippen LogP contribution in [0.1, 0.15) is 36.1 Å². The van der Waals surface area contributed by atoms with Crippen molar-refractivity contribution in [2.45, 2.75) is 37.6 Å². The number of nitrogens with zero attached hydrogens (tertiary/aromatic N) is 3. The Balaban J connectivity index is 1.27. The van der Waals surface area contributed by atoms with E-state index in [-0.39, 0.29) is 12.1 Å². The summed E-state index contributed by atoms with van der Waals surface area (Å²) in [5.74, 6) is 0. The molecule has 0 radical (unpaired) electrons. The lowest BCUT2D eigenvalue weighted by molar-refractivity contribution is -0.137. The van der Waals surface area contributed by atoms with E-state index >= 15 is 0 Å². The SMILES string of the molecule is CCC(C1CN(c2cccc(C(F)(F)F)c2)CCN1)N1CCN(C(c2ccccc2)c2ccc(Cl)cc2)CC1. The number of hydrogen-bond acceptors (Lipinski definition) is 4. The fourth-order valence-electron chi connectivity index (χ4n) is 6.17. The smallest absolute Gasteiger partial charge is 0.369 e. The summed E-state index contributed by atoms with van der Waals surface area (Å²) in [6.45, 7) is 8.10. The van der Waals surface area contributed by atoms with Gasteiger partial charge in [-0.05, 0) is 47.9 Å². The Labute approximate surface area is 234 Å². The molecule has 2 heterocycles. The van der Waals surface area contributed by atoms with Crippen LogP contribution in [0.2, 0.25) is 5.02 Å². The topological polar surface area (TPSA) is 21.8 Å². The number of halogens is 4. The monoisotopic (exact) mass is 556 g/mol. The third kappa shape index (κ3) is 6.60. The van der Waals surface area contributed by atoms with Gasteiger partial charge < -0.3 is 10.2 Å². The molecule has 0 spiro atoms. The third-order valence-corrected chi connectivity index (χ3v) is 8.36. The highest BCUT2D eigenvalue weighted by atomic mass is 35.5. The molecule has 2 aliphatic heterocycles. The maximum atomic E-state index is 13.3. The molecule has 4 nitrogen and oxygen atoms in total. The zero-order valence-electron chi connectivity index (χ0n) is 22.2. The molecule has 39 heavy (non-hydrogen) atoms. The van der Waals surface area contributed by atoms with Gasteiger partial charge in [-0.2, -0.15) is 13.2 Å². The van der Waals surface area contributed by atoms with Crippen molar-refractivity contribution in [3.8, 4) is 0 Å². The van der Waals surface area contributed by atoms with Gasteiger partial charge in [0.15, 0.2) is 0 Å². The number of benzene rings is 3. The first kappa shape index (κ1) is 28.0. The molecule has 1 N–H and O–H groups in total. The normalized spacial score (nSPS) is 21.1. The molecule has 0 aromatic heterocycles. The van der Waals surface area contributed by atoms with Crippen molar-refractivity contribution in [1.82, 2.24) is 15.1 Å². The minimum absolute atomic E-state index is 0.162. The van der Waals surface area contributed by atoms with Gasteiger partial charge >= 0.3 is 6.18 Å². The molecule has 2 fully saturated rings. The van der Waals surface area contributed by atoms with Gasteiger partial charge in [0.05, 0.1) is 11.6 Å². The molecule has 5 rings (SSSR count). The standard InChI is InChI=1S/C31H36ClF3N4/c1-2-29(28-22-39(16-15-36-28)27-10-6-9-25(21-27)31(33,34)35)37-17-19-38(20-18-37)30(23-7-4-3-5-8-23)24-11-13-26(32)14-12-24/h3-14,21,28-30,36H,2,15-20,22H2,1H3. The molecule has 2 saturated heterocycles. The summed E-state index contributed by atoms with van der Waals surface area (Å²) in [5.41, 5.74) is 2.55. The molecule has 3 unspecified atom stereocenters. The third-order valence-electron chi connectivity index (χ3n) is 8.11. The van der Waals surface area contributed by atoms with E-state index in [0.717, 1.165) is 50.2 Å². The lowest BCUT2D eigenvalue weighted by atomic mass is 9.95. The average molecular weight is 557 g/mol. The molecular formula is C31H36ClF3N4. The van der Waals surface area contributed by atoms with Crippen LogP contribution in [0.15, 0.2) is 78.9 Å². The number of hydrogen-bond donors (Lipinski definition) is 1. The van der Waals surface area contributed by atoms with Crippen molar-refractivity contribution in [3.05, 3.63) is 101 Å². The van der Waals surface area contributed by atoms with Crippen molar-refractivity contribution in [1.29, 1.82) is 0 Å². The molecular weight excluding hydrogens is 521 g/mol. The number of alkyl halides is 3. The Morgan fingerprint density at radius 1 is 0.846 bits per heavy atom. The molecule has 3 aromatic carbocycles. The largest absolute Gasteiger partial charge is 0.416 e. The van der Waals surface area contributed by atoms with Gasteiger partial charge in [0.25, 0.3) is 0 Å². The van der Waals surface area contributed by atoms with Crippen molar-refractivity contribution < 1.29 is 13.2 Å². The highest BCUT2D eigenvalue weighted by Crippen LogP contribution is 2.33. The second kappa shape index (κ2) is 12.3. The van der Waals surface area contributed by atoms with E-state index in [1.54, 1.807) is 6.07 Å². The predicted octanol–water partition coefficient (Wildman–Crippen LogP) is 6.32. The Morgan fingerprint density at radius 2 is 1.51 bits per heavy atom. The summed E-state index contributed by atoms with van der Waals surface area (Å²) in [7, 11) is 0. The van der Waals surface area contributed by atoms with Crippen LogP contribution >= 0.6 is 11.6 Å². The maximum absolute atomic E-state index is 13.3. The number of anilines is 1. The zero-order valence-corrected chi connectivity index (χ0v) is 23.0. The minimum atomic E-state index is -4.33. The lowest BCUT2D eigenvalue weighted by Gasteiger charge is -2.47. The highest BCUT2D eigenvalue weighted by Gasteiger charge is 2.35. The molecule has 3 aromatic rings. The molecule has 0 bridgehead atoms. The molecule has 8 heteroatoms. The van der Waals surface area contributed by atoms with Gasteiger partial charge in [-0.25, -0.2) is 0 Å². The summed E-state index contributed by atoms with van der Waals surface area (Å²) in [6.07, 6.45) is -3.36. The first-order chi connectivity index (χ1) is 18.8. The van der Waals surface area contributed by atoms with E-state index in [0.29, 0.717) is 24.8 Å². The zero-order chi connectivity index (χ0) is 27.4. The Morgan fingerprint density at radius 3 is 2.18 bits per heavy atom. The summed E-state index contributed by atoms with van der Waals surface area (Å²) < 4.78 is 39.9. The minimum Gasteiger partial charge on any atom is -0.369 e. The van der Waals surface area contributed by atoms with Crippen molar-refractivity contribution in [2.75, 3.05) is 50.7 Å². The van der Waals surface area contributed by atoms with E-state index in [2.05, 4.69) is 63.3 Å². The van der Waals surface area contributed by atoms with Crippen LogP contribution in [0.4, 0.5) is 18.9 Å². The maximum Gasteiger partial charge on any atom is 0.416 e. The summed E-state index contributed by atoms with van der Waals surface area (Å²) in [4.78, 5) is 7.21. The van der Waals surface area contributed by atoms with Crippen LogP contribution in [-0.2, 0) is 6.18 Å². The molecule has 208 valence electrons. The van der Waals surface area contributed by atoms with Crippen LogP contribution < -0.4 is 10.2 Å². The average Bonchev–Trinajstić information content (AvgIpc) is 2.96. The van der Waals surface area contributed by atoms with E-state index in [9.17, 15) is 13.2 Å². The van der Waals surface area contributed by atoms with E-state index in [4.69, 9.17) is 11.6 Å². The van der Waals surface area contributed by atoms with Gasteiger partial charge in [-0.1, -0.05) is 67.1 Å². The summed E-state index contributed by atoms with van der Waals surface area (Å²) in [5, 5.41) is 4.41. The second-order valence-electron chi connectivity index (χ2n) is 10.5. The summed E-state index contributed by atoms with van der Waals surface area (Å²) in [6, 6.07) is 25.1. The second-order valence-corrected chi connectivity index (χ2v) is 10.9. The van der Waals surface area contributed by atoms with Crippen molar-refractivity contribution >= 4 is 17.3 Å². The fourth-order valence-corrected chi connectivity index (χ4v) is 6.29. The Kier molecular flexibility index (Phi) is 8.82. The van der Waals surface area contributed by atoms with Gasteiger partial charge in [-0.3, -0.25) is 9.80 Å². The number of nitrogens with one attached hydrogen (secondary N) is 1. The fraction of sp³-hybridized carbons (Fsp3) is 0.419. The van der Waals surface area contributed by atoms with Crippen molar-refractivity contribution in [2.24, 2.45) is 0 Å². The molecule has 3 atom stereocenters. The lowest BCUT2D eigenvalue weighted by Crippen LogP contribution is -2.62. The van der Waals surface area contributed by atoms with Crippen LogP contribution in [0.25, 0.3) is 0 Å². The molecule has 0 aliphatic carbocycles. The van der Waals surface area contributed by atoms with Gasteiger partial charge in [0, 0.05) is 68.6 Å².